The summed E-state index contributed by atoms with van der Waals surface area (Å²) in [5.74, 6) is 1.49. The van der Waals surface area contributed by atoms with E-state index in [9.17, 15) is 0 Å². The van der Waals surface area contributed by atoms with Crippen LogP contribution in [0.15, 0.2) is 48.5 Å². The third kappa shape index (κ3) is 2.07. The lowest BCUT2D eigenvalue weighted by Crippen LogP contribution is -2.01. The van der Waals surface area contributed by atoms with Crippen molar-refractivity contribution in [3.05, 3.63) is 54.4 Å². The predicted molar refractivity (Wildman–Crippen MR) is 90.2 cm³/mol. The Morgan fingerprint density at radius 3 is 2.61 bits per heavy atom. The van der Waals surface area contributed by atoms with E-state index in [1.807, 2.05) is 62.5 Å². The molecule has 0 atom stereocenters. The lowest BCUT2D eigenvalue weighted by molar-refractivity contribution is 0.810. The van der Waals surface area contributed by atoms with E-state index in [-0.39, 0.29) is 0 Å². The topological polar surface area (TPSA) is 74.6 Å². The SMILES string of the molecule is Cc1nc2cc(-c3nnn(-c4ccccc4)c3N)ccc2n1C. The van der Waals surface area contributed by atoms with E-state index in [1.54, 1.807) is 4.68 Å². The van der Waals surface area contributed by atoms with Gasteiger partial charge in [0.05, 0.1) is 16.7 Å². The fraction of sp³-hybridized carbons (Fsp3) is 0.118. The van der Waals surface area contributed by atoms with Crippen molar-refractivity contribution in [2.45, 2.75) is 6.92 Å². The molecule has 114 valence electrons. The number of hydrogen-bond acceptors (Lipinski definition) is 4. The van der Waals surface area contributed by atoms with Crippen LogP contribution in [0.25, 0.3) is 28.0 Å². The summed E-state index contributed by atoms with van der Waals surface area (Å²) < 4.78 is 3.70. The minimum absolute atomic E-state index is 0.517. The van der Waals surface area contributed by atoms with Gasteiger partial charge in [-0.3, -0.25) is 0 Å². The molecule has 0 aliphatic rings. The van der Waals surface area contributed by atoms with Crippen molar-refractivity contribution in [3.8, 4) is 16.9 Å². The predicted octanol–water partition coefficient (Wildman–Crippen LogP) is 2.71. The smallest absolute Gasteiger partial charge is 0.155 e. The first-order valence-electron chi connectivity index (χ1n) is 7.35. The summed E-state index contributed by atoms with van der Waals surface area (Å²) in [4.78, 5) is 4.56. The molecule has 0 bridgehead atoms. The van der Waals surface area contributed by atoms with E-state index in [2.05, 4.69) is 19.9 Å². The van der Waals surface area contributed by atoms with Crippen LogP contribution in [0.5, 0.6) is 0 Å². The number of fused-ring (bicyclic) bond motifs is 1. The van der Waals surface area contributed by atoms with E-state index in [4.69, 9.17) is 5.73 Å². The summed E-state index contributed by atoms with van der Waals surface area (Å²) in [6, 6.07) is 15.8. The van der Waals surface area contributed by atoms with Crippen LogP contribution in [0.3, 0.4) is 0 Å². The van der Waals surface area contributed by atoms with Crippen LogP contribution in [0, 0.1) is 6.92 Å². The standard InChI is InChI=1S/C17H16N6/c1-11-19-14-10-12(8-9-15(14)22(11)2)16-17(18)23(21-20-16)13-6-4-3-5-7-13/h3-10H,18H2,1-2H3. The number of anilines is 1. The van der Waals surface area contributed by atoms with Crippen molar-refractivity contribution in [2.75, 3.05) is 5.73 Å². The number of aromatic nitrogens is 5. The molecule has 2 aromatic carbocycles. The molecule has 0 amide bonds. The van der Waals surface area contributed by atoms with E-state index in [0.717, 1.165) is 28.1 Å². The van der Waals surface area contributed by atoms with Crippen molar-refractivity contribution < 1.29 is 0 Å². The molecule has 4 rings (SSSR count). The maximum Gasteiger partial charge on any atom is 0.155 e. The van der Waals surface area contributed by atoms with Gasteiger partial charge in [0.2, 0.25) is 0 Å². The second kappa shape index (κ2) is 4.95. The molecular weight excluding hydrogens is 288 g/mol. The first-order chi connectivity index (χ1) is 11.1. The average molecular weight is 304 g/mol. The monoisotopic (exact) mass is 304 g/mol. The summed E-state index contributed by atoms with van der Waals surface area (Å²) in [7, 11) is 2.00. The van der Waals surface area contributed by atoms with Gasteiger partial charge in [-0.2, -0.15) is 4.68 Å². The Hall–Kier alpha value is -3.15. The largest absolute Gasteiger partial charge is 0.382 e. The molecule has 0 aliphatic heterocycles. The maximum atomic E-state index is 6.26. The molecule has 0 radical (unpaired) electrons. The van der Waals surface area contributed by atoms with Crippen LogP contribution in [0.2, 0.25) is 0 Å². The zero-order valence-electron chi connectivity index (χ0n) is 12.9. The Balaban J connectivity index is 1.84. The van der Waals surface area contributed by atoms with Crippen LogP contribution in [0.1, 0.15) is 5.82 Å². The lowest BCUT2D eigenvalue weighted by atomic mass is 10.1. The normalized spacial score (nSPS) is 11.2. The molecule has 0 spiro atoms. The van der Waals surface area contributed by atoms with E-state index < -0.39 is 0 Å². The van der Waals surface area contributed by atoms with Crippen LogP contribution in [0.4, 0.5) is 5.82 Å². The molecule has 4 aromatic rings. The molecule has 0 saturated carbocycles. The summed E-state index contributed by atoms with van der Waals surface area (Å²) in [5, 5.41) is 8.43. The molecule has 0 fully saturated rings. The highest BCUT2D eigenvalue weighted by molar-refractivity contribution is 5.84. The molecule has 2 heterocycles. The zero-order valence-corrected chi connectivity index (χ0v) is 12.9. The molecule has 23 heavy (non-hydrogen) atoms. The molecule has 0 unspecified atom stereocenters. The third-order valence-corrected chi connectivity index (χ3v) is 4.08. The minimum atomic E-state index is 0.517. The second-order valence-corrected chi connectivity index (χ2v) is 5.49. The zero-order chi connectivity index (χ0) is 16.0. The Bertz CT molecular complexity index is 997. The molecule has 6 heteroatoms. The quantitative estimate of drug-likeness (QED) is 0.618. The summed E-state index contributed by atoms with van der Waals surface area (Å²) in [6.45, 7) is 1.99. The fourth-order valence-corrected chi connectivity index (χ4v) is 2.72. The molecule has 0 saturated heterocycles. The molecular formula is C17H16N6. The van der Waals surface area contributed by atoms with Crippen LogP contribution in [-0.4, -0.2) is 24.5 Å². The van der Waals surface area contributed by atoms with Gasteiger partial charge in [0, 0.05) is 12.6 Å². The van der Waals surface area contributed by atoms with Crippen LogP contribution >= 0.6 is 0 Å². The Morgan fingerprint density at radius 1 is 1.04 bits per heavy atom. The van der Waals surface area contributed by atoms with E-state index in [1.165, 1.54) is 0 Å². The summed E-state index contributed by atoms with van der Waals surface area (Å²) >= 11 is 0. The van der Waals surface area contributed by atoms with Gasteiger partial charge in [-0.25, -0.2) is 4.98 Å². The van der Waals surface area contributed by atoms with E-state index >= 15 is 0 Å². The number of benzene rings is 2. The Labute approximate surface area is 133 Å². The number of hydrogen-bond donors (Lipinski definition) is 1. The number of para-hydroxylation sites is 1. The number of imidazole rings is 1. The highest BCUT2D eigenvalue weighted by atomic mass is 15.5. The van der Waals surface area contributed by atoms with Crippen LogP contribution < -0.4 is 5.73 Å². The van der Waals surface area contributed by atoms with Gasteiger partial charge in [-0.05, 0) is 31.2 Å². The van der Waals surface area contributed by atoms with Crippen molar-refractivity contribution >= 4 is 16.9 Å². The summed E-state index contributed by atoms with van der Waals surface area (Å²) in [6.07, 6.45) is 0. The molecule has 6 nitrogen and oxygen atoms in total. The van der Waals surface area contributed by atoms with E-state index in [0.29, 0.717) is 11.5 Å². The van der Waals surface area contributed by atoms with Crippen LogP contribution in [-0.2, 0) is 7.05 Å². The first-order valence-corrected chi connectivity index (χ1v) is 7.35. The van der Waals surface area contributed by atoms with Gasteiger partial charge in [-0.15, -0.1) is 5.10 Å². The number of nitrogens with two attached hydrogens (primary N) is 1. The Kier molecular flexibility index (Phi) is 2.90. The minimum Gasteiger partial charge on any atom is -0.382 e. The van der Waals surface area contributed by atoms with Crippen molar-refractivity contribution in [3.63, 3.8) is 0 Å². The van der Waals surface area contributed by atoms with Crippen molar-refractivity contribution in [1.29, 1.82) is 0 Å². The highest BCUT2D eigenvalue weighted by Gasteiger charge is 2.14. The fourth-order valence-electron chi connectivity index (χ4n) is 2.72. The molecule has 0 aliphatic carbocycles. The van der Waals surface area contributed by atoms with Gasteiger partial charge in [-0.1, -0.05) is 29.5 Å². The number of rotatable bonds is 2. The Morgan fingerprint density at radius 2 is 1.83 bits per heavy atom. The van der Waals surface area contributed by atoms with Gasteiger partial charge in [0.1, 0.15) is 11.5 Å². The van der Waals surface area contributed by atoms with Crippen molar-refractivity contribution in [1.82, 2.24) is 24.5 Å². The first kappa shape index (κ1) is 13.5. The average Bonchev–Trinajstić information content (AvgIpc) is 3.08. The van der Waals surface area contributed by atoms with Crippen molar-refractivity contribution in [2.24, 2.45) is 7.05 Å². The lowest BCUT2D eigenvalue weighted by Gasteiger charge is -2.03. The molecule has 2 aromatic heterocycles. The second-order valence-electron chi connectivity index (χ2n) is 5.49. The number of nitrogens with zero attached hydrogens (tertiary/aromatic N) is 5. The third-order valence-electron chi connectivity index (χ3n) is 4.08. The maximum absolute atomic E-state index is 6.26. The van der Waals surface area contributed by atoms with Gasteiger partial charge in [0.15, 0.2) is 5.82 Å². The molecule has 2 N–H and O–H groups in total. The van der Waals surface area contributed by atoms with Gasteiger partial charge < -0.3 is 10.3 Å². The van der Waals surface area contributed by atoms with Gasteiger partial charge >= 0.3 is 0 Å². The number of nitrogen functional groups attached to an aromatic ring is 1. The highest BCUT2D eigenvalue weighted by Crippen LogP contribution is 2.28. The van der Waals surface area contributed by atoms with Gasteiger partial charge in [0.25, 0.3) is 0 Å². The summed E-state index contributed by atoms with van der Waals surface area (Å²) in [5.41, 5.74) is 10.7. The number of aryl methyl sites for hydroxylation is 2.